The zero-order valence-corrected chi connectivity index (χ0v) is 11.0. The van der Waals surface area contributed by atoms with Crippen molar-refractivity contribution in [1.29, 1.82) is 0 Å². The first-order valence-corrected chi connectivity index (χ1v) is 4.95. The second-order valence-electron chi connectivity index (χ2n) is 4.32. The smallest absolute Gasteiger partial charge is 0.408 e. The van der Waals surface area contributed by atoms with E-state index in [9.17, 15) is 14.4 Å². The summed E-state index contributed by atoms with van der Waals surface area (Å²) < 4.78 is 9.27. The molecule has 1 atom stereocenters. The molecule has 8 nitrogen and oxygen atoms in total. The number of carboxylic acid groups (broad SMARTS) is 1. The first kappa shape index (κ1) is 18.5. The summed E-state index contributed by atoms with van der Waals surface area (Å²) in [6.07, 6.45) is -1.43. The molecule has 0 fully saturated rings. The molecule has 5 N–H and O–H groups in total. The van der Waals surface area contributed by atoms with Gasteiger partial charge in [0.05, 0.1) is 13.5 Å². The van der Waals surface area contributed by atoms with Crippen LogP contribution < -0.4 is 11.5 Å². The van der Waals surface area contributed by atoms with Gasteiger partial charge in [0.2, 0.25) is 0 Å². The normalized spacial score (nSPS) is 11.8. The number of carboxylic acids is 1. The maximum atomic E-state index is 11.3. The molecule has 0 spiro atoms. The van der Waals surface area contributed by atoms with Gasteiger partial charge in [-0.3, -0.25) is 4.79 Å². The molecule has 0 saturated carbocycles. The lowest BCUT2D eigenvalue weighted by Gasteiger charge is -2.21. The highest BCUT2D eigenvalue weighted by atomic mass is 16.6. The monoisotopic (exact) mass is 264 g/mol. The van der Waals surface area contributed by atoms with Crippen molar-refractivity contribution in [3.63, 3.8) is 0 Å². The topological polar surface area (TPSA) is 137 Å². The van der Waals surface area contributed by atoms with E-state index in [4.69, 9.17) is 9.84 Å². The number of hydrogen-bond acceptors (Lipinski definition) is 6. The number of alkyl carbamates (subject to hydrolysis) is 1. The molecule has 0 aliphatic heterocycles. The lowest BCUT2D eigenvalue weighted by atomic mass is 10.2. The first-order valence-electron chi connectivity index (χ1n) is 4.95. The van der Waals surface area contributed by atoms with E-state index in [0.29, 0.717) is 0 Å². The molecule has 0 heterocycles. The van der Waals surface area contributed by atoms with Gasteiger partial charge in [-0.15, -0.1) is 0 Å². The molecule has 0 aromatic heterocycles. The van der Waals surface area contributed by atoms with E-state index >= 15 is 0 Å². The predicted molar refractivity (Wildman–Crippen MR) is 62.4 cm³/mol. The van der Waals surface area contributed by atoms with Crippen LogP contribution in [0.5, 0.6) is 0 Å². The van der Waals surface area contributed by atoms with Crippen molar-refractivity contribution in [3.05, 3.63) is 0 Å². The van der Waals surface area contributed by atoms with Gasteiger partial charge in [-0.2, -0.15) is 0 Å². The zero-order valence-electron chi connectivity index (χ0n) is 11.0. The van der Waals surface area contributed by atoms with Gasteiger partial charge >= 0.3 is 18.0 Å². The second-order valence-corrected chi connectivity index (χ2v) is 4.32. The van der Waals surface area contributed by atoms with E-state index in [1.54, 1.807) is 20.8 Å². The number of amides is 1. The maximum Gasteiger partial charge on any atom is 0.408 e. The lowest BCUT2D eigenvalue weighted by Crippen LogP contribution is -2.45. The van der Waals surface area contributed by atoms with E-state index in [1.807, 2.05) is 0 Å². The molecule has 0 aliphatic carbocycles. The maximum absolute atomic E-state index is 11.3. The average Bonchev–Trinajstić information content (AvgIpc) is 2.11. The van der Waals surface area contributed by atoms with Crippen LogP contribution in [0, 0.1) is 0 Å². The number of carbonyl (C=O) groups is 3. The molecule has 0 aliphatic rings. The van der Waals surface area contributed by atoms with E-state index in [-0.39, 0.29) is 6.15 Å². The third-order valence-corrected chi connectivity index (χ3v) is 1.56. The summed E-state index contributed by atoms with van der Waals surface area (Å²) >= 11 is 0. The Balaban J connectivity index is 0. The van der Waals surface area contributed by atoms with Crippen LogP contribution in [0.2, 0.25) is 0 Å². The van der Waals surface area contributed by atoms with Gasteiger partial charge < -0.3 is 26.0 Å². The number of aliphatic carboxylic acids is 1. The van der Waals surface area contributed by atoms with Crippen molar-refractivity contribution in [3.8, 4) is 0 Å². The molecule has 8 heteroatoms. The third kappa shape index (κ3) is 8.34. The van der Waals surface area contributed by atoms with Gasteiger partial charge in [0, 0.05) is 0 Å². The van der Waals surface area contributed by atoms with Crippen LogP contribution in [0.4, 0.5) is 4.79 Å². The van der Waals surface area contributed by atoms with E-state index in [1.165, 1.54) is 0 Å². The first-order chi connectivity index (χ1) is 7.65. The molecule has 106 valence electrons. The summed E-state index contributed by atoms with van der Waals surface area (Å²) in [6, 6.07) is -1.26. The largest absolute Gasteiger partial charge is 0.481 e. The summed E-state index contributed by atoms with van der Waals surface area (Å²) in [7, 11) is 1.11. The fourth-order valence-corrected chi connectivity index (χ4v) is 0.960. The van der Waals surface area contributed by atoms with Crippen LogP contribution in [-0.4, -0.2) is 41.9 Å². The SMILES string of the molecule is COC(=O)[C@H](CC(=O)O)NC(=O)OC(C)(C)C.N. The van der Waals surface area contributed by atoms with Gasteiger partial charge in [-0.25, -0.2) is 9.59 Å². The van der Waals surface area contributed by atoms with Gasteiger partial charge in [0.15, 0.2) is 0 Å². The predicted octanol–water partition coefficient (Wildman–Crippen LogP) is 0.689. The van der Waals surface area contributed by atoms with Crippen LogP contribution in [0.25, 0.3) is 0 Å². The van der Waals surface area contributed by atoms with Crippen LogP contribution in [-0.2, 0) is 19.1 Å². The van der Waals surface area contributed by atoms with Crippen molar-refractivity contribution in [2.75, 3.05) is 7.11 Å². The standard InChI is InChI=1S/C10H17NO6.H3N/c1-10(2,3)17-9(15)11-6(5-7(12)13)8(14)16-4;/h6H,5H2,1-4H3,(H,11,15)(H,12,13);1H3/t6-;/m0./s1. The van der Waals surface area contributed by atoms with Gasteiger partial charge in [-0.05, 0) is 20.8 Å². The van der Waals surface area contributed by atoms with E-state index < -0.39 is 36.1 Å². The summed E-state index contributed by atoms with van der Waals surface area (Å²) in [5, 5.41) is 10.7. The minimum atomic E-state index is -1.26. The lowest BCUT2D eigenvalue weighted by molar-refractivity contribution is -0.148. The van der Waals surface area contributed by atoms with Gasteiger partial charge in [-0.1, -0.05) is 0 Å². The Morgan fingerprint density at radius 1 is 1.28 bits per heavy atom. The van der Waals surface area contributed by atoms with Crippen LogP contribution in [0.1, 0.15) is 27.2 Å². The number of carbonyl (C=O) groups excluding carboxylic acids is 2. The van der Waals surface area contributed by atoms with Crippen molar-refractivity contribution in [1.82, 2.24) is 11.5 Å². The molecule has 0 rings (SSSR count). The number of nitrogens with one attached hydrogen (secondary N) is 1. The summed E-state index contributed by atoms with van der Waals surface area (Å²) in [4.78, 5) is 33.0. The Morgan fingerprint density at radius 3 is 2.11 bits per heavy atom. The number of esters is 1. The van der Waals surface area contributed by atoms with Crippen LogP contribution >= 0.6 is 0 Å². The van der Waals surface area contributed by atoms with Crippen molar-refractivity contribution >= 4 is 18.0 Å². The molecule has 18 heavy (non-hydrogen) atoms. The van der Waals surface area contributed by atoms with Gasteiger partial charge in [0.25, 0.3) is 0 Å². The molecule has 0 aromatic carbocycles. The summed E-state index contributed by atoms with van der Waals surface area (Å²) in [5.74, 6) is -2.06. The Bertz CT molecular complexity index is 310. The average molecular weight is 264 g/mol. The number of hydrogen-bond donors (Lipinski definition) is 3. The molecule has 0 aromatic rings. The second kappa shape index (κ2) is 7.49. The van der Waals surface area contributed by atoms with Crippen LogP contribution in [0.3, 0.4) is 0 Å². The Kier molecular flexibility index (Phi) is 7.71. The fraction of sp³-hybridized carbons (Fsp3) is 0.700. The van der Waals surface area contributed by atoms with Crippen LogP contribution in [0.15, 0.2) is 0 Å². The molecule has 1 amide bonds. The molecular weight excluding hydrogens is 244 g/mol. The molecule has 0 radical (unpaired) electrons. The minimum absolute atomic E-state index is 0. The Hall–Kier alpha value is -1.83. The van der Waals surface area contributed by atoms with E-state index in [2.05, 4.69) is 10.1 Å². The summed E-state index contributed by atoms with van der Waals surface area (Å²) in [5.41, 5.74) is -0.728. The van der Waals surface area contributed by atoms with Crippen molar-refractivity contribution in [2.24, 2.45) is 0 Å². The molecular formula is C10H20N2O6. The van der Waals surface area contributed by atoms with E-state index in [0.717, 1.165) is 7.11 Å². The Morgan fingerprint density at radius 2 is 1.78 bits per heavy atom. The molecule has 0 unspecified atom stereocenters. The Labute approximate surface area is 105 Å². The number of rotatable bonds is 4. The highest BCUT2D eigenvalue weighted by Crippen LogP contribution is 2.07. The quantitative estimate of drug-likeness (QED) is 0.635. The minimum Gasteiger partial charge on any atom is -0.481 e. The van der Waals surface area contributed by atoms with Gasteiger partial charge in [0.1, 0.15) is 11.6 Å². The van der Waals surface area contributed by atoms with Crippen molar-refractivity contribution in [2.45, 2.75) is 38.8 Å². The highest BCUT2D eigenvalue weighted by Gasteiger charge is 2.26. The number of ether oxygens (including phenoxy) is 2. The summed E-state index contributed by atoms with van der Waals surface area (Å²) in [6.45, 7) is 4.95. The third-order valence-electron chi connectivity index (χ3n) is 1.56. The van der Waals surface area contributed by atoms with Crippen molar-refractivity contribution < 1.29 is 29.0 Å². The number of methoxy groups -OCH3 is 1. The fourth-order valence-electron chi connectivity index (χ4n) is 0.960. The molecule has 0 bridgehead atoms. The zero-order chi connectivity index (χ0) is 13.6. The highest BCUT2D eigenvalue weighted by molar-refractivity contribution is 5.85. The molecule has 0 saturated heterocycles.